The number of urea groups is 1. The summed E-state index contributed by atoms with van der Waals surface area (Å²) in [7, 11) is 3.37. The summed E-state index contributed by atoms with van der Waals surface area (Å²) in [4.78, 5) is 25.6. The van der Waals surface area contributed by atoms with E-state index < -0.39 is 0 Å². The monoisotopic (exact) mass is 453 g/mol. The predicted molar refractivity (Wildman–Crippen MR) is 128 cm³/mol. The molecule has 0 aliphatic heterocycles. The number of anilines is 3. The number of carbonyl (C=O) groups is 1. The van der Waals surface area contributed by atoms with E-state index in [2.05, 4.69) is 51.7 Å². The van der Waals surface area contributed by atoms with E-state index >= 15 is 0 Å². The summed E-state index contributed by atoms with van der Waals surface area (Å²) in [5, 5.41) is 10.4. The molecule has 1 aromatic heterocycles. The number of nitrogens with one attached hydrogen (secondary N) is 3. The van der Waals surface area contributed by atoms with Gasteiger partial charge < -0.3 is 20.9 Å². The van der Waals surface area contributed by atoms with Crippen molar-refractivity contribution in [1.82, 2.24) is 19.9 Å². The number of aromatic nitrogens is 3. The van der Waals surface area contributed by atoms with Crippen LogP contribution in [0.3, 0.4) is 0 Å². The van der Waals surface area contributed by atoms with Crippen LogP contribution in [0.25, 0.3) is 0 Å². The van der Waals surface area contributed by atoms with Crippen molar-refractivity contribution < 1.29 is 4.79 Å². The second-order valence-corrected chi connectivity index (χ2v) is 8.84. The van der Waals surface area contributed by atoms with E-state index in [1.54, 1.807) is 20.2 Å². The zero-order chi connectivity index (χ0) is 22.9. The highest BCUT2D eigenvalue weighted by molar-refractivity contribution is 7.98. The molecule has 8 nitrogen and oxygen atoms in total. The Hall–Kier alpha value is -2.26. The Balaban J connectivity index is 0.000000303. The molecule has 0 bridgehead atoms. The first-order valence-electron chi connectivity index (χ1n) is 9.51. The third-order valence-electron chi connectivity index (χ3n) is 3.45. The number of nitrogens with zero attached hydrogens (tertiary/aromatic N) is 4. The van der Waals surface area contributed by atoms with Crippen LogP contribution in [0.1, 0.15) is 33.3 Å². The first-order valence-corrected chi connectivity index (χ1v) is 11.1. The average molecular weight is 454 g/mol. The molecule has 0 fully saturated rings. The second kappa shape index (κ2) is 11.8. The van der Waals surface area contributed by atoms with Gasteiger partial charge in [0, 0.05) is 36.9 Å². The molecule has 1 aromatic carbocycles. The molecule has 2 rings (SSSR count). The Morgan fingerprint density at radius 2 is 1.80 bits per heavy atom. The molecule has 2 aromatic rings. The van der Waals surface area contributed by atoms with Crippen molar-refractivity contribution in [3.05, 3.63) is 28.8 Å². The second-order valence-electron chi connectivity index (χ2n) is 7.66. The molecule has 0 radical (unpaired) electrons. The lowest BCUT2D eigenvalue weighted by Gasteiger charge is -2.20. The molecule has 0 atom stereocenters. The Morgan fingerprint density at radius 1 is 1.17 bits per heavy atom. The molecular formula is C20H32ClN7OS. The number of rotatable bonds is 5. The number of hydrogen-bond acceptors (Lipinski definition) is 7. The third-order valence-corrected chi connectivity index (χ3v) is 4.40. The van der Waals surface area contributed by atoms with Gasteiger partial charge in [-0.25, -0.2) is 4.79 Å². The van der Waals surface area contributed by atoms with E-state index in [0.717, 1.165) is 17.3 Å². The number of benzene rings is 1. The van der Waals surface area contributed by atoms with Gasteiger partial charge in [-0.1, -0.05) is 29.4 Å². The maximum atomic E-state index is 11.3. The molecule has 3 N–H and O–H groups in total. The molecule has 10 heteroatoms. The van der Waals surface area contributed by atoms with Gasteiger partial charge in [0.05, 0.1) is 0 Å². The number of thioether (sulfide) groups is 1. The molecule has 0 unspecified atom stereocenters. The molecule has 30 heavy (non-hydrogen) atoms. The molecule has 0 spiro atoms. The normalized spacial score (nSPS) is 10.6. The van der Waals surface area contributed by atoms with Crippen molar-refractivity contribution in [2.75, 3.05) is 42.8 Å². The van der Waals surface area contributed by atoms with E-state index in [9.17, 15) is 4.79 Å². The van der Waals surface area contributed by atoms with Gasteiger partial charge in [-0.15, -0.1) is 0 Å². The molecular weight excluding hydrogens is 422 g/mol. The van der Waals surface area contributed by atoms with Crippen molar-refractivity contribution in [2.45, 2.75) is 45.3 Å². The lowest BCUT2D eigenvalue weighted by atomic mass is 10.1. The van der Waals surface area contributed by atoms with E-state index in [1.165, 1.54) is 16.7 Å². The standard InChI is InChI=1S/C10H13ClN2O.C10H19N5S/c1-7-4-5-8(6-9(7)11)12-10(14)13(2)3;1-6-11-7-12-8(15-10(2,3)4)14-9(13-7)16-5/h4-6H,1-3H3,(H,12,14);6H2,1-5H3,(H2,11,12,13,14,15). The topological polar surface area (TPSA) is 95.1 Å². The van der Waals surface area contributed by atoms with Gasteiger partial charge in [0.1, 0.15) is 0 Å². The summed E-state index contributed by atoms with van der Waals surface area (Å²) >= 11 is 7.42. The molecule has 0 aliphatic carbocycles. The van der Waals surface area contributed by atoms with Crippen LogP contribution in [-0.2, 0) is 0 Å². The number of hydrogen-bond donors (Lipinski definition) is 3. The number of carbonyl (C=O) groups excluding carboxylic acids is 1. The molecule has 2 amide bonds. The fourth-order valence-electron chi connectivity index (χ4n) is 1.98. The van der Waals surface area contributed by atoms with Crippen LogP contribution in [-0.4, -0.2) is 58.3 Å². The van der Waals surface area contributed by atoms with Gasteiger partial charge in [-0.05, 0) is 58.6 Å². The van der Waals surface area contributed by atoms with Crippen LogP contribution in [0.15, 0.2) is 23.4 Å². The maximum absolute atomic E-state index is 11.3. The van der Waals surface area contributed by atoms with E-state index in [-0.39, 0.29) is 11.6 Å². The van der Waals surface area contributed by atoms with E-state index in [4.69, 9.17) is 11.6 Å². The average Bonchev–Trinajstić information content (AvgIpc) is 2.63. The van der Waals surface area contributed by atoms with Crippen molar-refractivity contribution in [3.63, 3.8) is 0 Å². The zero-order valence-electron chi connectivity index (χ0n) is 18.9. The lowest BCUT2D eigenvalue weighted by Crippen LogP contribution is -2.27. The van der Waals surface area contributed by atoms with Crippen LogP contribution in [0.5, 0.6) is 0 Å². The molecule has 0 saturated heterocycles. The summed E-state index contributed by atoms with van der Waals surface area (Å²) in [6.45, 7) is 10.9. The van der Waals surface area contributed by atoms with Crippen molar-refractivity contribution in [2.24, 2.45) is 0 Å². The van der Waals surface area contributed by atoms with Crippen molar-refractivity contribution >= 4 is 47.0 Å². The van der Waals surface area contributed by atoms with E-state index in [0.29, 0.717) is 22.6 Å². The molecule has 1 heterocycles. The minimum absolute atomic E-state index is 0.0550. The number of aryl methyl sites for hydroxylation is 1. The first kappa shape index (κ1) is 25.8. The summed E-state index contributed by atoms with van der Waals surface area (Å²) in [6, 6.07) is 5.26. The van der Waals surface area contributed by atoms with Crippen LogP contribution < -0.4 is 16.0 Å². The predicted octanol–water partition coefficient (Wildman–Crippen LogP) is 4.98. The Morgan fingerprint density at radius 3 is 2.30 bits per heavy atom. The first-order chi connectivity index (χ1) is 13.9. The van der Waals surface area contributed by atoms with Gasteiger partial charge in [0.25, 0.3) is 0 Å². The number of amides is 2. The fourth-order valence-corrected chi connectivity index (χ4v) is 2.52. The lowest BCUT2D eigenvalue weighted by molar-refractivity contribution is 0.230. The maximum Gasteiger partial charge on any atom is 0.321 e. The molecule has 166 valence electrons. The smallest absolute Gasteiger partial charge is 0.321 e. The third kappa shape index (κ3) is 9.49. The van der Waals surface area contributed by atoms with Gasteiger partial charge in [0.15, 0.2) is 5.16 Å². The summed E-state index contributed by atoms with van der Waals surface area (Å²) in [6.07, 6.45) is 1.95. The Kier molecular flexibility index (Phi) is 10.1. The van der Waals surface area contributed by atoms with Crippen LogP contribution >= 0.6 is 23.4 Å². The van der Waals surface area contributed by atoms with Crippen molar-refractivity contribution in [3.8, 4) is 0 Å². The Labute approximate surface area is 188 Å². The fraction of sp³-hybridized carbons (Fsp3) is 0.500. The SMILES string of the molecule is CCNc1nc(NC(C)(C)C)nc(SC)n1.Cc1ccc(NC(=O)N(C)C)cc1Cl. The van der Waals surface area contributed by atoms with Crippen LogP contribution in [0.2, 0.25) is 5.02 Å². The highest BCUT2D eigenvalue weighted by Gasteiger charge is 2.13. The summed E-state index contributed by atoms with van der Waals surface area (Å²) in [5.74, 6) is 1.23. The van der Waals surface area contributed by atoms with Gasteiger partial charge >= 0.3 is 6.03 Å². The summed E-state index contributed by atoms with van der Waals surface area (Å²) in [5.41, 5.74) is 1.65. The minimum atomic E-state index is -0.162. The van der Waals surface area contributed by atoms with Crippen molar-refractivity contribution in [1.29, 1.82) is 0 Å². The van der Waals surface area contributed by atoms with Gasteiger partial charge in [-0.3, -0.25) is 0 Å². The highest BCUT2D eigenvalue weighted by atomic mass is 35.5. The molecule has 0 saturated carbocycles. The molecule has 0 aliphatic rings. The van der Waals surface area contributed by atoms with E-state index in [1.807, 2.05) is 32.2 Å². The zero-order valence-corrected chi connectivity index (χ0v) is 20.5. The minimum Gasteiger partial charge on any atom is -0.354 e. The van der Waals surface area contributed by atoms with Crippen LogP contribution in [0, 0.1) is 6.92 Å². The largest absolute Gasteiger partial charge is 0.354 e. The van der Waals surface area contributed by atoms with Gasteiger partial charge in [-0.2, -0.15) is 15.0 Å². The van der Waals surface area contributed by atoms with Crippen LogP contribution in [0.4, 0.5) is 22.4 Å². The quantitative estimate of drug-likeness (QED) is 0.549. The highest BCUT2D eigenvalue weighted by Crippen LogP contribution is 2.20. The number of halogens is 1. The Bertz CT molecular complexity index is 840. The summed E-state index contributed by atoms with van der Waals surface area (Å²) < 4.78 is 0. The van der Waals surface area contributed by atoms with Gasteiger partial charge in [0.2, 0.25) is 11.9 Å².